The number of carbonyl (C=O) groups is 2. The van der Waals surface area contributed by atoms with E-state index in [-0.39, 0.29) is 17.4 Å². The van der Waals surface area contributed by atoms with Crippen LogP contribution in [0.1, 0.15) is 60.8 Å². The quantitative estimate of drug-likeness (QED) is 0.544. The van der Waals surface area contributed by atoms with Gasteiger partial charge in [-0.2, -0.15) is 4.31 Å². The van der Waals surface area contributed by atoms with Gasteiger partial charge in [0.2, 0.25) is 15.9 Å². The molecule has 2 aromatic carbocycles. The Morgan fingerprint density at radius 3 is 2.03 bits per heavy atom. The highest BCUT2D eigenvalue weighted by Gasteiger charge is 2.50. The summed E-state index contributed by atoms with van der Waals surface area (Å²) in [5.41, 5.74) is 3.59. The van der Waals surface area contributed by atoms with E-state index in [9.17, 15) is 18.0 Å². The van der Waals surface area contributed by atoms with Crippen LogP contribution in [0.3, 0.4) is 0 Å². The topological polar surface area (TPSA) is 84.0 Å². The Bertz CT molecular complexity index is 1220. The fraction of sp³-hybridized carbons (Fsp3) is 0.481. The average molecular weight is 499 g/mol. The first kappa shape index (κ1) is 25.4. The van der Waals surface area contributed by atoms with Crippen molar-refractivity contribution in [3.63, 3.8) is 0 Å². The number of sulfonamides is 1. The highest BCUT2D eigenvalue weighted by Crippen LogP contribution is 2.38. The van der Waals surface area contributed by atoms with Crippen LogP contribution in [-0.4, -0.2) is 43.7 Å². The van der Waals surface area contributed by atoms with E-state index in [1.54, 1.807) is 31.4 Å². The molecule has 1 aliphatic heterocycles. The van der Waals surface area contributed by atoms with E-state index >= 15 is 0 Å². The first-order chi connectivity index (χ1) is 16.6. The first-order valence-corrected chi connectivity index (χ1v) is 13.6. The van der Waals surface area contributed by atoms with Gasteiger partial charge in [-0.05, 0) is 87.1 Å². The average Bonchev–Trinajstić information content (AvgIpc) is 3.11. The van der Waals surface area contributed by atoms with E-state index in [1.807, 2.05) is 33.8 Å². The van der Waals surface area contributed by atoms with Crippen molar-refractivity contribution in [1.82, 2.24) is 4.31 Å². The number of ether oxygens (including phenoxy) is 1. The van der Waals surface area contributed by atoms with E-state index in [0.29, 0.717) is 35.4 Å². The second-order valence-electron chi connectivity index (χ2n) is 9.70. The van der Waals surface area contributed by atoms with Gasteiger partial charge in [0.25, 0.3) is 5.91 Å². The van der Waals surface area contributed by atoms with E-state index in [2.05, 4.69) is 0 Å². The lowest BCUT2D eigenvalue weighted by Crippen LogP contribution is -2.51. The number of hydrogen-bond donors (Lipinski definition) is 0. The molecule has 1 heterocycles. The van der Waals surface area contributed by atoms with Gasteiger partial charge in [-0.25, -0.2) is 13.3 Å². The molecule has 0 spiro atoms. The van der Waals surface area contributed by atoms with Gasteiger partial charge in [-0.1, -0.05) is 25.3 Å². The predicted molar refractivity (Wildman–Crippen MR) is 135 cm³/mol. The van der Waals surface area contributed by atoms with Crippen molar-refractivity contribution >= 4 is 27.5 Å². The molecule has 188 valence electrons. The Labute approximate surface area is 208 Å². The molecule has 4 rings (SSSR count). The molecule has 2 amide bonds. The minimum absolute atomic E-state index is 0.163. The smallest absolute Gasteiger partial charge is 0.252 e. The summed E-state index contributed by atoms with van der Waals surface area (Å²) in [5.74, 6) is -0.277. The Morgan fingerprint density at radius 2 is 1.49 bits per heavy atom. The first-order valence-electron chi connectivity index (χ1n) is 12.2. The van der Waals surface area contributed by atoms with Crippen molar-refractivity contribution in [3.05, 3.63) is 52.6 Å². The molecule has 2 aromatic rings. The summed E-state index contributed by atoms with van der Waals surface area (Å²) < 4.78 is 35.3. The molecule has 0 radical (unpaired) electrons. The number of carbonyl (C=O) groups excluding carboxylic acids is 2. The lowest BCUT2D eigenvalue weighted by Gasteiger charge is -2.37. The number of nitrogens with zero attached hydrogens (tertiary/aromatic N) is 2. The third-order valence-corrected chi connectivity index (χ3v) is 9.76. The van der Waals surface area contributed by atoms with E-state index in [1.165, 1.54) is 4.31 Å². The fourth-order valence-corrected chi connectivity index (χ4v) is 7.85. The van der Waals surface area contributed by atoms with Crippen LogP contribution in [0.4, 0.5) is 5.69 Å². The highest BCUT2D eigenvalue weighted by atomic mass is 32.2. The summed E-state index contributed by atoms with van der Waals surface area (Å²) in [6.45, 7) is 7.45. The van der Waals surface area contributed by atoms with Crippen LogP contribution >= 0.6 is 0 Å². The molecule has 1 saturated heterocycles. The number of methoxy groups -OCH3 is 1. The van der Waals surface area contributed by atoms with Gasteiger partial charge < -0.3 is 4.74 Å². The highest BCUT2D eigenvalue weighted by molar-refractivity contribution is 7.89. The zero-order chi connectivity index (χ0) is 25.5. The molecule has 0 aromatic heterocycles. The maximum Gasteiger partial charge on any atom is 0.252 e. The molecular formula is C27H34N2O5S. The number of imide groups is 1. The Morgan fingerprint density at radius 1 is 0.914 bits per heavy atom. The summed E-state index contributed by atoms with van der Waals surface area (Å²) in [6, 6.07) is 7.28. The van der Waals surface area contributed by atoms with Gasteiger partial charge >= 0.3 is 0 Å². The molecule has 1 atom stereocenters. The van der Waals surface area contributed by atoms with E-state index < -0.39 is 27.9 Å². The lowest BCUT2D eigenvalue weighted by molar-refractivity contribution is -0.122. The van der Waals surface area contributed by atoms with Gasteiger partial charge in [-0.15, -0.1) is 0 Å². The van der Waals surface area contributed by atoms with Gasteiger partial charge in [-0.3, -0.25) is 9.59 Å². The van der Waals surface area contributed by atoms with E-state index in [4.69, 9.17) is 4.74 Å². The third-order valence-electron chi connectivity index (χ3n) is 7.53. The molecule has 7 nitrogen and oxygen atoms in total. The maximum atomic E-state index is 14.4. The summed E-state index contributed by atoms with van der Waals surface area (Å²) >= 11 is 0. The number of aryl methyl sites for hydroxylation is 2. The van der Waals surface area contributed by atoms with Crippen molar-refractivity contribution < 1.29 is 22.7 Å². The van der Waals surface area contributed by atoms with Gasteiger partial charge in [0.05, 0.1) is 24.1 Å². The van der Waals surface area contributed by atoms with Crippen LogP contribution in [0.25, 0.3) is 0 Å². The standard InChI is InChI=1S/C27H34N2O5S/c1-17-15-18(2)20(4)26(19(17)3)35(32,33)29(22-9-7-6-8-10-22)24-16-25(30)28(27(24)31)21-11-13-23(34-5)14-12-21/h11-15,22,24H,6-10,16H2,1-5H3. The Kier molecular flexibility index (Phi) is 7.06. The molecule has 1 aliphatic carbocycles. The largest absolute Gasteiger partial charge is 0.497 e. The number of anilines is 1. The van der Waals surface area contributed by atoms with Crippen LogP contribution in [0.15, 0.2) is 35.2 Å². The third kappa shape index (κ3) is 4.49. The van der Waals surface area contributed by atoms with Gasteiger partial charge in [0, 0.05) is 6.04 Å². The van der Waals surface area contributed by atoms with E-state index in [0.717, 1.165) is 35.3 Å². The molecule has 35 heavy (non-hydrogen) atoms. The minimum atomic E-state index is -4.05. The van der Waals surface area contributed by atoms with Crippen LogP contribution in [0.5, 0.6) is 5.75 Å². The molecule has 0 N–H and O–H groups in total. The summed E-state index contributed by atoms with van der Waals surface area (Å²) in [6.07, 6.45) is 4.05. The van der Waals surface area contributed by atoms with Crippen LogP contribution in [-0.2, 0) is 19.6 Å². The number of hydrogen-bond acceptors (Lipinski definition) is 5. The number of amides is 2. The number of rotatable bonds is 6. The monoisotopic (exact) mass is 498 g/mol. The van der Waals surface area contributed by atoms with Crippen LogP contribution in [0, 0.1) is 27.7 Å². The normalized spacial score (nSPS) is 19.6. The Balaban J connectivity index is 1.81. The molecular weight excluding hydrogens is 464 g/mol. The predicted octanol–water partition coefficient (Wildman–Crippen LogP) is 4.58. The second kappa shape index (κ2) is 9.74. The van der Waals surface area contributed by atoms with Crippen molar-refractivity contribution in [3.8, 4) is 5.75 Å². The molecule has 1 unspecified atom stereocenters. The zero-order valence-corrected chi connectivity index (χ0v) is 21.9. The molecule has 1 saturated carbocycles. The van der Waals surface area contributed by atoms with Gasteiger partial charge in [0.1, 0.15) is 11.8 Å². The number of benzene rings is 2. The van der Waals surface area contributed by atoms with Crippen molar-refractivity contribution in [2.75, 3.05) is 12.0 Å². The SMILES string of the molecule is COc1ccc(N2C(=O)CC(N(C3CCCCC3)S(=O)(=O)c3c(C)c(C)cc(C)c3C)C2=O)cc1. The lowest BCUT2D eigenvalue weighted by atomic mass is 9.94. The zero-order valence-electron chi connectivity index (χ0n) is 21.1. The van der Waals surface area contributed by atoms with Crippen LogP contribution < -0.4 is 9.64 Å². The van der Waals surface area contributed by atoms with Crippen LogP contribution in [0.2, 0.25) is 0 Å². The second-order valence-corrected chi connectivity index (χ2v) is 11.5. The molecule has 2 aliphatic rings. The molecule has 0 bridgehead atoms. The summed E-state index contributed by atoms with van der Waals surface area (Å²) in [4.78, 5) is 28.2. The minimum Gasteiger partial charge on any atom is -0.497 e. The summed E-state index contributed by atoms with van der Waals surface area (Å²) in [7, 11) is -2.51. The maximum absolute atomic E-state index is 14.4. The van der Waals surface area contributed by atoms with Crippen molar-refractivity contribution in [1.29, 1.82) is 0 Å². The molecule has 8 heteroatoms. The summed E-state index contributed by atoms with van der Waals surface area (Å²) in [5, 5.41) is 0. The Hall–Kier alpha value is -2.71. The van der Waals surface area contributed by atoms with Crippen molar-refractivity contribution in [2.24, 2.45) is 0 Å². The van der Waals surface area contributed by atoms with Gasteiger partial charge in [0.15, 0.2) is 0 Å². The van der Waals surface area contributed by atoms with Crippen molar-refractivity contribution in [2.45, 2.75) is 83.2 Å². The fourth-order valence-electron chi connectivity index (χ4n) is 5.44. The molecule has 2 fully saturated rings.